The fourth-order valence-electron chi connectivity index (χ4n) is 4.43. The Kier molecular flexibility index (Phi) is 6.13. The van der Waals surface area contributed by atoms with Gasteiger partial charge < -0.3 is 20.0 Å². The van der Waals surface area contributed by atoms with Crippen molar-refractivity contribution in [3.63, 3.8) is 0 Å². The second kappa shape index (κ2) is 8.78. The standard InChI is InChI=1S/C22H28BrN3O3/c1-14-18-13-15(23)7-8-19(18)29-20(14)21(27)26-11-9-17(10-12-26)25-22(28)24-16-5-3-2-4-6-16/h7-8,13,16-17H,2-6,9-12H2,1H3,(H2,24,25,28). The van der Waals surface area contributed by atoms with Crippen LogP contribution in [0, 0.1) is 6.92 Å². The van der Waals surface area contributed by atoms with E-state index >= 15 is 0 Å². The number of hydrogen-bond acceptors (Lipinski definition) is 3. The normalized spacial score (nSPS) is 18.8. The Morgan fingerprint density at radius 1 is 1.03 bits per heavy atom. The van der Waals surface area contributed by atoms with E-state index in [1.807, 2.05) is 30.0 Å². The van der Waals surface area contributed by atoms with Gasteiger partial charge in [0.25, 0.3) is 5.91 Å². The van der Waals surface area contributed by atoms with E-state index in [0.717, 1.165) is 46.7 Å². The lowest BCUT2D eigenvalue weighted by atomic mass is 9.96. The number of fused-ring (bicyclic) bond motifs is 1. The van der Waals surface area contributed by atoms with Crippen LogP contribution in [0.4, 0.5) is 4.79 Å². The van der Waals surface area contributed by atoms with Crippen molar-refractivity contribution >= 4 is 38.8 Å². The largest absolute Gasteiger partial charge is 0.451 e. The lowest BCUT2D eigenvalue weighted by Crippen LogP contribution is -2.51. The van der Waals surface area contributed by atoms with Gasteiger partial charge in [-0.05, 0) is 50.8 Å². The van der Waals surface area contributed by atoms with Crippen molar-refractivity contribution in [2.24, 2.45) is 0 Å². The molecule has 0 radical (unpaired) electrons. The molecule has 1 aromatic carbocycles. The Labute approximate surface area is 179 Å². The van der Waals surface area contributed by atoms with Gasteiger partial charge in [-0.3, -0.25) is 4.79 Å². The number of furan rings is 1. The van der Waals surface area contributed by atoms with E-state index in [4.69, 9.17) is 4.42 Å². The summed E-state index contributed by atoms with van der Waals surface area (Å²) in [7, 11) is 0. The van der Waals surface area contributed by atoms with E-state index in [0.29, 0.717) is 24.9 Å². The van der Waals surface area contributed by atoms with Crippen molar-refractivity contribution in [3.05, 3.63) is 34.0 Å². The molecule has 0 atom stereocenters. The Morgan fingerprint density at radius 3 is 2.38 bits per heavy atom. The number of amides is 3. The summed E-state index contributed by atoms with van der Waals surface area (Å²) < 4.78 is 6.82. The molecule has 1 aromatic heterocycles. The molecule has 7 heteroatoms. The van der Waals surface area contributed by atoms with Crippen LogP contribution in [-0.4, -0.2) is 42.0 Å². The Hall–Kier alpha value is -2.02. The molecule has 2 fully saturated rings. The van der Waals surface area contributed by atoms with Crippen molar-refractivity contribution in [1.82, 2.24) is 15.5 Å². The van der Waals surface area contributed by atoms with Crippen LogP contribution in [0.2, 0.25) is 0 Å². The minimum atomic E-state index is -0.0695. The van der Waals surface area contributed by atoms with Crippen molar-refractivity contribution < 1.29 is 14.0 Å². The van der Waals surface area contributed by atoms with Crippen molar-refractivity contribution in [3.8, 4) is 0 Å². The summed E-state index contributed by atoms with van der Waals surface area (Å²) in [5.74, 6) is 0.347. The monoisotopic (exact) mass is 461 g/mol. The fourth-order valence-corrected chi connectivity index (χ4v) is 4.79. The Bertz CT molecular complexity index is 896. The van der Waals surface area contributed by atoms with Crippen molar-refractivity contribution in [2.75, 3.05) is 13.1 Å². The minimum absolute atomic E-state index is 0.0691. The molecule has 0 unspecified atom stereocenters. The highest BCUT2D eigenvalue weighted by Gasteiger charge is 2.28. The molecule has 2 heterocycles. The molecule has 1 saturated heterocycles. The maximum absolute atomic E-state index is 13.0. The molecule has 0 bridgehead atoms. The molecule has 2 N–H and O–H groups in total. The van der Waals surface area contributed by atoms with Gasteiger partial charge in [0.2, 0.25) is 0 Å². The topological polar surface area (TPSA) is 74.6 Å². The predicted molar refractivity (Wildman–Crippen MR) is 116 cm³/mol. The summed E-state index contributed by atoms with van der Waals surface area (Å²) in [6, 6.07) is 6.11. The number of likely N-dealkylation sites (tertiary alicyclic amines) is 1. The molecule has 156 valence electrons. The lowest BCUT2D eigenvalue weighted by Gasteiger charge is -2.32. The van der Waals surface area contributed by atoms with Crippen LogP contribution in [0.15, 0.2) is 27.1 Å². The quantitative estimate of drug-likeness (QED) is 0.692. The van der Waals surface area contributed by atoms with E-state index in [1.165, 1.54) is 19.3 Å². The average Bonchev–Trinajstić information content (AvgIpc) is 3.05. The first-order valence-corrected chi connectivity index (χ1v) is 11.4. The number of halogens is 1. The number of urea groups is 1. The van der Waals surface area contributed by atoms with Crippen LogP contribution in [0.5, 0.6) is 0 Å². The smallest absolute Gasteiger partial charge is 0.315 e. The number of aryl methyl sites for hydroxylation is 1. The number of benzene rings is 1. The Morgan fingerprint density at radius 2 is 1.69 bits per heavy atom. The van der Waals surface area contributed by atoms with E-state index in [9.17, 15) is 9.59 Å². The van der Waals surface area contributed by atoms with Gasteiger partial charge in [-0.15, -0.1) is 0 Å². The Balaban J connectivity index is 1.32. The third kappa shape index (κ3) is 4.60. The van der Waals surface area contributed by atoms with Crippen LogP contribution in [-0.2, 0) is 0 Å². The highest BCUT2D eigenvalue weighted by atomic mass is 79.9. The van der Waals surface area contributed by atoms with Gasteiger partial charge in [0.15, 0.2) is 5.76 Å². The number of carbonyl (C=O) groups is 2. The van der Waals surface area contributed by atoms with Gasteiger partial charge >= 0.3 is 6.03 Å². The summed E-state index contributed by atoms with van der Waals surface area (Å²) in [4.78, 5) is 27.1. The molecule has 0 spiro atoms. The molecule has 1 aliphatic heterocycles. The molecule has 2 aliphatic rings. The molecule has 4 rings (SSSR count). The molecule has 1 aliphatic carbocycles. The van der Waals surface area contributed by atoms with Crippen LogP contribution >= 0.6 is 15.9 Å². The summed E-state index contributed by atoms with van der Waals surface area (Å²) in [5.41, 5.74) is 1.60. The zero-order chi connectivity index (χ0) is 20.4. The first-order chi connectivity index (χ1) is 14.0. The van der Waals surface area contributed by atoms with E-state index in [-0.39, 0.29) is 18.0 Å². The molecular formula is C22H28BrN3O3. The zero-order valence-corrected chi connectivity index (χ0v) is 18.4. The number of rotatable bonds is 3. The second-order valence-electron chi connectivity index (χ2n) is 8.22. The molecule has 2 aromatic rings. The summed E-state index contributed by atoms with van der Waals surface area (Å²) in [5, 5.41) is 7.15. The summed E-state index contributed by atoms with van der Waals surface area (Å²) >= 11 is 3.47. The third-order valence-corrected chi connectivity index (χ3v) is 6.64. The summed E-state index contributed by atoms with van der Waals surface area (Å²) in [6.45, 7) is 3.16. The third-order valence-electron chi connectivity index (χ3n) is 6.15. The van der Waals surface area contributed by atoms with Crippen molar-refractivity contribution in [1.29, 1.82) is 0 Å². The predicted octanol–water partition coefficient (Wildman–Crippen LogP) is 4.74. The highest BCUT2D eigenvalue weighted by Crippen LogP contribution is 2.29. The van der Waals surface area contributed by atoms with Crippen LogP contribution in [0.1, 0.15) is 61.1 Å². The zero-order valence-electron chi connectivity index (χ0n) is 16.8. The highest BCUT2D eigenvalue weighted by molar-refractivity contribution is 9.10. The number of hydrogen-bond donors (Lipinski definition) is 2. The van der Waals surface area contributed by atoms with Crippen molar-refractivity contribution in [2.45, 2.75) is 64.0 Å². The van der Waals surface area contributed by atoms with Gasteiger partial charge in [-0.1, -0.05) is 35.2 Å². The maximum Gasteiger partial charge on any atom is 0.315 e. The van der Waals surface area contributed by atoms with Gasteiger partial charge in [0.1, 0.15) is 5.58 Å². The molecular weight excluding hydrogens is 434 g/mol. The molecule has 29 heavy (non-hydrogen) atoms. The first kappa shape index (κ1) is 20.3. The first-order valence-electron chi connectivity index (χ1n) is 10.6. The maximum atomic E-state index is 13.0. The lowest BCUT2D eigenvalue weighted by molar-refractivity contribution is 0.0677. The van der Waals surface area contributed by atoms with E-state index in [2.05, 4.69) is 26.6 Å². The van der Waals surface area contributed by atoms with E-state index in [1.54, 1.807) is 0 Å². The SMILES string of the molecule is Cc1c(C(=O)N2CCC(NC(=O)NC3CCCCC3)CC2)oc2ccc(Br)cc12. The summed E-state index contributed by atoms with van der Waals surface area (Å²) in [6.07, 6.45) is 7.34. The number of piperidine rings is 1. The van der Waals surface area contributed by atoms with Gasteiger partial charge in [0, 0.05) is 40.6 Å². The minimum Gasteiger partial charge on any atom is -0.451 e. The van der Waals surface area contributed by atoms with Gasteiger partial charge in [-0.2, -0.15) is 0 Å². The number of nitrogens with zero attached hydrogens (tertiary/aromatic N) is 1. The van der Waals surface area contributed by atoms with Crippen LogP contribution in [0.3, 0.4) is 0 Å². The van der Waals surface area contributed by atoms with Crippen LogP contribution < -0.4 is 10.6 Å². The molecule has 3 amide bonds. The van der Waals surface area contributed by atoms with E-state index < -0.39 is 0 Å². The number of carbonyl (C=O) groups excluding carboxylic acids is 2. The van der Waals surface area contributed by atoms with Gasteiger partial charge in [0.05, 0.1) is 0 Å². The van der Waals surface area contributed by atoms with Gasteiger partial charge in [-0.25, -0.2) is 4.79 Å². The fraction of sp³-hybridized carbons (Fsp3) is 0.545. The second-order valence-corrected chi connectivity index (χ2v) is 9.13. The molecule has 1 saturated carbocycles. The number of nitrogens with one attached hydrogen (secondary N) is 2. The molecule has 6 nitrogen and oxygen atoms in total. The van der Waals surface area contributed by atoms with Crippen LogP contribution in [0.25, 0.3) is 11.0 Å². The average molecular weight is 462 g/mol.